The highest BCUT2D eigenvalue weighted by Crippen LogP contribution is 2.24. The van der Waals surface area contributed by atoms with Crippen molar-refractivity contribution in [2.45, 2.75) is 26.9 Å². The molecule has 19 heavy (non-hydrogen) atoms. The number of aromatic nitrogens is 3. The van der Waals surface area contributed by atoms with Gasteiger partial charge in [0.25, 0.3) is 0 Å². The van der Waals surface area contributed by atoms with Crippen LogP contribution in [0, 0.1) is 17.6 Å². The van der Waals surface area contributed by atoms with Crippen LogP contribution in [0.3, 0.4) is 0 Å². The largest absolute Gasteiger partial charge is 0.325 e. The Balaban J connectivity index is 2.52. The molecule has 0 aliphatic heterocycles. The topological polar surface area (TPSA) is 56.7 Å². The molecule has 0 spiro atoms. The summed E-state index contributed by atoms with van der Waals surface area (Å²) in [4.78, 5) is 0. The molecular weight excluding hydrogens is 250 g/mol. The maximum Gasteiger partial charge on any atom is 0.159 e. The summed E-state index contributed by atoms with van der Waals surface area (Å²) < 4.78 is 28.0. The zero-order chi connectivity index (χ0) is 14.0. The first-order valence-electron chi connectivity index (χ1n) is 6.10. The lowest BCUT2D eigenvalue weighted by molar-refractivity contribution is 0.475. The minimum Gasteiger partial charge on any atom is -0.325 e. The van der Waals surface area contributed by atoms with E-state index in [0.717, 1.165) is 12.1 Å². The van der Waals surface area contributed by atoms with Gasteiger partial charge in [-0.1, -0.05) is 19.1 Å². The van der Waals surface area contributed by atoms with Crippen molar-refractivity contribution < 1.29 is 8.78 Å². The van der Waals surface area contributed by atoms with Crippen molar-refractivity contribution in [3.63, 3.8) is 0 Å². The van der Waals surface area contributed by atoms with Crippen LogP contribution in [0.15, 0.2) is 18.2 Å². The minimum atomic E-state index is -0.891. The van der Waals surface area contributed by atoms with Crippen molar-refractivity contribution in [1.29, 1.82) is 0 Å². The lowest BCUT2D eigenvalue weighted by Gasteiger charge is -2.10. The van der Waals surface area contributed by atoms with Crippen LogP contribution in [0.25, 0.3) is 11.3 Å². The standard InChI is InChI=1S/C13H16F2N4/c1-8(2)7-19-13(12(6-16)17-18-19)9-3-4-10(14)11(15)5-9/h3-5,8H,6-7,16H2,1-2H3. The molecule has 0 bridgehead atoms. The fraction of sp³-hybridized carbons (Fsp3) is 0.385. The first-order valence-corrected chi connectivity index (χ1v) is 6.10. The van der Waals surface area contributed by atoms with Crippen molar-refractivity contribution in [2.75, 3.05) is 0 Å². The second-order valence-electron chi connectivity index (χ2n) is 4.79. The van der Waals surface area contributed by atoms with Gasteiger partial charge in [0.15, 0.2) is 11.6 Å². The highest BCUT2D eigenvalue weighted by Gasteiger charge is 2.16. The van der Waals surface area contributed by atoms with Crippen molar-refractivity contribution >= 4 is 0 Å². The van der Waals surface area contributed by atoms with Crippen LogP contribution in [0.4, 0.5) is 8.78 Å². The van der Waals surface area contributed by atoms with Gasteiger partial charge in [0.1, 0.15) is 5.69 Å². The Bertz CT molecular complexity index is 578. The molecule has 0 aliphatic carbocycles. The molecule has 0 unspecified atom stereocenters. The first-order chi connectivity index (χ1) is 9.02. The van der Waals surface area contributed by atoms with Crippen LogP contribution in [-0.2, 0) is 13.1 Å². The highest BCUT2D eigenvalue weighted by atomic mass is 19.2. The summed E-state index contributed by atoms with van der Waals surface area (Å²) >= 11 is 0. The lowest BCUT2D eigenvalue weighted by atomic mass is 10.1. The molecule has 0 amide bonds. The van der Waals surface area contributed by atoms with Crippen LogP contribution in [0.2, 0.25) is 0 Å². The third-order valence-electron chi connectivity index (χ3n) is 2.73. The van der Waals surface area contributed by atoms with Crippen molar-refractivity contribution in [3.8, 4) is 11.3 Å². The van der Waals surface area contributed by atoms with Gasteiger partial charge in [0.05, 0.1) is 5.69 Å². The van der Waals surface area contributed by atoms with Crippen LogP contribution in [0.1, 0.15) is 19.5 Å². The zero-order valence-corrected chi connectivity index (χ0v) is 10.9. The number of halogens is 2. The van der Waals surface area contributed by atoms with Crippen LogP contribution in [-0.4, -0.2) is 15.0 Å². The Morgan fingerprint density at radius 2 is 2.00 bits per heavy atom. The summed E-state index contributed by atoms with van der Waals surface area (Å²) in [5.41, 5.74) is 7.37. The maximum absolute atomic E-state index is 13.3. The second-order valence-corrected chi connectivity index (χ2v) is 4.79. The molecule has 0 atom stereocenters. The van der Waals surface area contributed by atoms with Gasteiger partial charge in [-0.05, 0) is 24.1 Å². The Morgan fingerprint density at radius 1 is 1.26 bits per heavy atom. The molecule has 1 aromatic heterocycles. The van der Waals surface area contributed by atoms with Gasteiger partial charge in [-0.2, -0.15) is 0 Å². The number of rotatable bonds is 4. The average Bonchev–Trinajstić information content (AvgIpc) is 2.74. The third kappa shape index (κ3) is 2.78. The van der Waals surface area contributed by atoms with E-state index in [0.29, 0.717) is 29.4 Å². The van der Waals surface area contributed by atoms with E-state index in [2.05, 4.69) is 10.3 Å². The third-order valence-corrected chi connectivity index (χ3v) is 2.73. The predicted molar refractivity (Wildman–Crippen MR) is 68.1 cm³/mol. The van der Waals surface area contributed by atoms with Gasteiger partial charge >= 0.3 is 0 Å². The maximum atomic E-state index is 13.3. The van der Waals surface area contributed by atoms with Gasteiger partial charge in [-0.25, -0.2) is 13.5 Å². The van der Waals surface area contributed by atoms with Crippen molar-refractivity contribution in [1.82, 2.24) is 15.0 Å². The number of nitrogens with two attached hydrogens (primary N) is 1. The van der Waals surface area contributed by atoms with E-state index in [4.69, 9.17) is 5.73 Å². The SMILES string of the molecule is CC(C)Cn1nnc(CN)c1-c1ccc(F)c(F)c1. The van der Waals surface area contributed by atoms with Crippen LogP contribution < -0.4 is 5.73 Å². The summed E-state index contributed by atoms with van der Waals surface area (Å²) in [5.74, 6) is -1.41. The predicted octanol–water partition coefficient (Wildman–Crippen LogP) is 2.34. The molecular formula is C13H16F2N4. The molecule has 1 aromatic carbocycles. The second kappa shape index (κ2) is 5.44. The van der Waals surface area contributed by atoms with Crippen LogP contribution >= 0.6 is 0 Å². The summed E-state index contributed by atoms with van der Waals surface area (Å²) in [5, 5.41) is 8.01. The van der Waals surface area contributed by atoms with Gasteiger partial charge in [-0.15, -0.1) is 5.10 Å². The van der Waals surface area contributed by atoms with E-state index in [1.807, 2.05) is 13.8 Å². The van der Waals surface area contributed by atoms with Gasteiger partial charge in [-0.3, -0.25) is 0 Å². The Morgan fingerprint density at radius 3 is 2.58 bits per heavy atom. The van der Waals surface area contributed by atoms with E-state index in [9.17, 15) is 8.78 Å². The lowest BCUT2D eigenvalue weighted by Crippen LogP contribution is -2.09. The molecule has 102 valence electrons. The molecule has 0 aliphatic rings. The van der Waals surface area contributed by atoms with Gasteiger partial charge in [0, 0.05) is 18.7 Å². The molecule has 2 N–H and O–H groups in total. The number of hydrogen-bond acceptors (Lipinski definition) is 3. The first kappa shape index (κ1) is 13.6. The number of nitrogens with zero attached hydrogens (tertiary/aromatic N) is 3. The van der Waals surface area contributed by atoms with Crippen molar-refractivity contribution in [2.24, 2.45) is 11.7 Å². The van der Waals surface area contributed by atoms with E-state index in [1.54, 1.807) is 4.68 Å². The monoisotopic (exact) mass is 266 g/mol. The van der Waals surface area contributed by atoms with Gasteiger partial charge in [0.2, 0.25) is 0 Å². The molecule has 0 saturated heterocycles. The molecule has 2 aromatic rings. The van der Waals surface area contributed by atoms with Gasteiger partial charge < -0.3 is 5.73 Å². The summed E-state index contributed by atoms with van der Waals surface area (Å²) in [6.07, 6.45) is 0. The molecule has 0 saturated carbocycles. The smallest absolute Gasteiger partial charge is 0.159 e. The number of hydrogen-bond donors (Lipinski definition) is 1. The molecule has 1 heterocycles. The van der Waals surface area contributed by atoms with E-state index < -0.39 is 11.6 Å². The molecule has 2 rings (SSSR count). The normalized spacial score (nSPS) is 11.3. The highest BCUT2D eigenvalue weighted by molar-refractivity contribution is 5.62. The van der Waals surface area contributed by atoms with E-state index in [-0.39, 0.29) is 6.54 Å². The fourth-order valence-electron chi connectivity index (χ4n) is 1.92. The number of benzene rings is 1. The summed E-state index contributed by atoms with van der Waals surface area (Å²) in [7, 11) is 0. The summed E-state index contributed by atoms with van der Waals surface area (Å²) in [6.45, 7) is 4.92. The Kier molecular flexibility index (Phi) is 3.90. The average molecular weight is 266 g/mol. The van der Waals surface area contributed by atoms with E-state index >= 15 is 0 Å². The van der Waals surface area contributed by atoms with Crippen LogP contribution in [0.5, 0.6) is 0 Å². The molecule has 6 heteroatoms. The fourth-order valence-corrected chi connectivity index (χ4v) is 1.92. The Labute approximate surface area is 110 Å². The molecule has 0 radical (unpaired) electrons. The molecule has 0 fully saturated rings. The quantitative estimate of drug-likeness (QED) is 0.924. The summed E-state index contributed by atoms with van der Waals surface area (Å²) in [6, 6.07) is 3.74. The molecule has 4 nitrogen and oxygen atoms in total. The van der Waals surface area contributed by atoms with Crippen molar-refractivity contribution in [3.05, 3.63) is 35.5 Å². The minimum absolute atomic E-state index is 0.201. The van der Waals surface area contributed by atoms with E-state index in [1.165, 1.54) is 6.07 Å². The zero-order valence-electron chi connectivity index (χ0n) is 10.9. The Hall–Kier alpha value is -1.82.